The lowest BCUT2D eigenvalue weighted by Crippen LogP contribution is -2.44. The molecule has 156 valence electrons. The van der Waals surface area contributed by atoms with Crippen LogP contribution in [0.5, 0.6) is 0 Å². The van der Waals surface area contributed by atoms with Crippen LogP contribution in [-0.4, -0.2) is 53.1 Å². The Morgan fingerprint density at radius 2 is 1.62 bits per heavy atom. The summed E-state index contributed by atoms with van der Waals surface area (Å²) in [5.74, 6) is 0. The van der Waals surface area contributed by atoms with Crippen molar-refractivity contribution in [3.63, 3.8) is 0 Å². The summed E-state index contributed by atoms with van der Waals surface area (Å²) >= 11 is 0. The minimum atomic E-state index is -3.66. The zero-order chi connectivity index (χ0) is 20.9. The van der Waals surface area contributed by atoms with Crippen molar-refractivity contribution in [3.05, 3.63) is 60.2 Å². The summed E-state index contributed by atoms with van der Waals surface area (Å²) in [6.07, 6.45) is 3.11. The highest BCUT2D eigenvalue weighted by Gasteiger charge is 2.30. The lowest BCUT2D eigenvalue weighted by atomic mass is 10.1. The molecule has 1 saturated heterocycles. The van der Waals surface area contributed by atoms with Crippen molar-refractivity contribution in [1.82, 2.24) is 10.2 Å². The lowest BCUT2D eigenvalue weighted by Gasteiger charge is -2.28. The Morgan fingerprint density at radius 1 is 1.00 bits per heavy atom. The van der Waals surface area contributed by atoms with Crippen LogP contribution >= 0.6 is 0 Å². The number of nitrogens with one attached hydrogen (secondary N) is 1. The molecule has 7 heteroatoms. The van der Waals surface area contributed by atoms with E-state index in [2.05, 4.69) is 5.32 Å². The van der Waals surface area contributed by atoms with E-state index in [9.17, 15) is 13.2 Å². The number of benzene rings is 2. The number of piperidine rings is 1. The molecule has 2 amide bonds. The van der Waals surface area contributed by atoms with Crippen LogP contribution in [-0.2, 0) is 9.84 Å². The maximum Gasteiger partial charge on any atom is 0.317 e. The zero-order valence-corrected chi connectivity index (χ0v) is 17.9. The largest absolute Gasteiger partial charge is 0.378 e. The number of amides is 2. The number of carbonyl (C=O) groups is 1. The molecule has 1 N–H and O–H groups in total. The average Bonchev–Trinajstić information content (AvgIpc) is 2.75. The molecule has 0 bridgehead atoms. The molecule has 2 aromatic carbocycles. The third-order valence-corrected chi connectivity index (χ3v) is 7.43. The number of carbonyl (C=O) groups excluding carboxylic acids is 1. The Hall–Kier alpha value is -2.54. The molecule has 0 unspecified atom stereocenters. The molecule has 1 heterocycles. The van der Waals surface area contributed by atoms with E-state index in [0.29, 0.717) is 5.56 Å². The molecule has 2 aromatic rings. The number of hydrogen-bond acceptors (Lipinski definition) is 4. The minimum Gasteiger partial charge on any atom is -0.378 e. The number of hydrogen-bond donors (Lipinski definition) is 1. The van der Waals surface area contributed by atoms with E-state index in [1.165, 1.54) is 0 Å². The molecule has 3 rings (SSSR count). The molecule has 0 aliphatic carbocycles. The molecule has 0 saturated carbocycles. The summed E-state index contributed by atoms with van der Waals surface area (Å²) in [5, 5.41) is 2.01. The van der Waals surface area contributed by atoms with E-state index in [0.717, 1.165) is 38.0 Å². The molecular weight excluding hydrogens is 386 g/mol. The summed E-state index contributed by atoms with van der Waals surface area (Å²) in [6.45, 7) is 1.48. The molecule has 1 aliphatic rings. The van der Waals surface area contributed by atoms with Gasteiger partial charge in [-0.05, 0) is 49.1 Å². The second-order valence-corrected chi connectivity index (χ2v) is 9.70. The van der Waals surface area contributed by atoms with Gasteiger partial charge in [-0.25, -0.2) is 13.2 Å². The molecule has 1 atom stereocenters. The minimum absolute atomic E-state index is 0.0356. The first-order valence-electron chi connectivity index (χ1n) is 9.98. The van der Waals surface area contributed by atoms with Crippen LogP contribution in [0, 0.1) is 0 Å². The third-order valence-electron chi connectivity index (χ3n) is 5.31. The summed E-state index contributed by atoms with van der Waals surface area (Å²) in [7, 11) is 0.213. The van der Waals surface area contributed by atoms with Gasteiger partial charge in [0.1, 0.15) is 5.25 Å². The molecule has 0 aromatic heterocycles. The number of likely N-dealkylation sites (tertiary alicyclic amines) is 1. The van der Waals surface area contributed by atoms with Crippen molar-refractivity contribution in [3.8, 4) is 0 Å². The van der Waals surface area contributed by atoms with Gasteiger partial charge in [-0.15, -0.1) is 0 Å². The Morgan fingerprint density at radius 3 is 2.21 bits per heavy atom. The second kappa shape index (κ2) is 9.31. The first-order valence-corrected chi connectivity index (χ1v) is 11.5. The summed E-state index contributed by atoms with van der Waals surface area (Å²) in [4.78, 5) is 16.5. The van der Waals surface area contributed by atoms with Crippen molar-refractivity contribution >= 4 is 21.6 Å². The first kappa shape index (κ1) is 21.2. The quantitative estimate of drug-likeness (QED) is 0.784. The highest BCUT2D eigenvalue weighted by molar-refractivity contribution is 7.91. The van der Waals surface area contributed by atoms with Gasteiger partial charge in [-0.2, -0.15) is 0 Å². The van der Waals surface area contributed by atoms with Gasteiger partial charge in [-0.1, -0.05) is 30.3 Å². The second-order valence-electron chi connectivity index (χ2n) is 7.57. The molecule has 29 heavy (non-hydrogen) atoms. The third kappa shape index (κ3) is 5.09. The molecule has 0 spiro atoms. The van der Waals surface area contributed by atoms with Gasteiger partial charge in [0, 0.05) is 39.4 Å². The fraction of sp³-hybridized carbons (Fsp3) is 0.409. The molecule has 1 aliphatic heterocycles. The molecular formula is C22H29N3O3S. The van der Waals surface area contributed by atoms with E-state index in [-0.39, 0.29) is 17.5 Å². The number of sulfone groups is 1. The summed E-state index contributed by atoms with van der Waals surface area (Å²) in [6, 6.07) is 15.7. The van der Waals surface area contributed by atoms with Crippen LogP contribution in [0.3, 0.4) is 0 Å². The van der Waals surface area contributed by atoms with Crippen LogP contribution in [0.2, 0.25) is 0 Å². The van der Waals surface area contributed by atoms with Gasteiger partial charge in [0.25, 0.3) is 0 Å². The number of nitrogens with zero attached hydrogens (tertiary/aromatic N) is 2. The summed E-state index contributed by atoms with van der Waals surface area (Å²) < 4.78 is 26.7. The maximum absolute atomic E-state index is 13.4. The van der Waals surface area contributed by atoms with Crippen molar-refractivity contribution in [2.24, 2.45) is 0 Å². The predicted octanol–water partition coefficient (Wildman–Crippen LogP) is 3.46. The van der Waals surface area contributed by atoms with Crippen LogP contribution in [0.15, 0.2) is 59.5 Å². The van der Waals surface area contributed by atoms with Gasteiger partial charge in [-0.3, -0.25) is 0 Å². The number of rotatable bonds is 6. The van der Waals surface area contributed by atoms with Gasteiger partial charge >= 0.3 is 6.03 Å². The van der Waals surface area contributed by atoms with E-state index in [1.807, 2.05) is 43.3 Å². The highest BCUT2D eigenvalue weighted by Crippen LogP contribution is 2.29. The highest BCUT2D eigenvalue weighted by atomic mass is 32.2. The summed E-state index contributed by atoms with van der Waals surface area (Å²) in [5.41, 5.74) is 1.65. The molecule has 1 fully saturated rings. The smallest absolute Gasteiger partial charge is 0.317 e. The Kier molecular flexibility index (Phi) is 6.79. The number of urea groups is 1. The standard InChI is InChI=1S/C22H29N3O3S/c1-24(2)19-13-11-18(12-14-19)21(29(27,28)20-9-5-3-6-10-20)17-23-22(26)25-15-7-4-8-16-25/h3,5-6,9-14,21H,4,7-8,15-17H2,1-2H3,(H,23,26)/t21-/m0/s1. The van der Waals surface area contributed by atoms with Gasteiger partial charge in [0.2, 0.25) is 0 Å². The van der Waals surface area contributed by atoms with Gasteiger partial charge in [0.15, 0.2) is 9.84 Å². The fourth-order valence-electron chi connectivity index (χ4n) is 3.56. The topological polar surface area (TPSA) is 69.7 Å². The zero-order valence-electron chi connectivity index (χ0n) is 17.0. The lowest BCUT2D eigenvalue weighted by molar-refractivity contribution is 0.186. The maximum atomic E-state index is 13.4. The van der Waals surface area contributed by atoms with Crippen LogP contribution in [0.1, 0.15) is 30.1 Å². The van der Waals surface area contributed by atoms with Crippen LogP contribution < -0.4 is 10.2 Å². The van der Waals surface area contributed by atoms with E-state index in [1.54, 1.807) is 35.2 Å². The fourth-order valence-corrected chi connectivity index (χ4v) is 5.24. The Bertz CT molecular complexity index is 906. The van der Waals surface area contributed by atoms with Crippen molar-refractivity contribution in [1.29, 1.82) is 0 Å². The normalized spacial score (nSPS) is 15.6. The van der Waals surface area contributed by atoms with E-state index < -0.39 is 15.1 Å². The monoisotopic (exact) mass is 415 g/mol. The Labute approximate surface area is 173 Å². The predicted molar refractivity (Wildman–Crippen MR) is 116 cm³/mol. The van der Waals surface area contributed by atoms with Gasteiger partial charge in [0.05, 0.1) is 4.90 Å². The Balaban J connectivity index is 1.86. The number of anilines is 1. The molecule has 6 nitrogen and oxygen atoms in total. The first-order chi connectivity index (χ1) is 13.9. The van der Waals surface area contributed by atoms with Crippen molar-refractivity contribution < 1.29 is 13.2 Å². The van der Waals surface area contributed by atoms with Crippen molar-refractivity contribution in [2.45, 2.75) is 29.4 Å². The van der Waals surface area contributed by atoms with Gasteiger partial charge < -0.3 is 15.1 Å². The average molecular weight is 416 g/mol. The SMILES string of the molecule is CN(C)c1ccc([C@H](CNC(=O)N2CCCCC2)S(=O)(=O)c2ccccc2)cc1. The van der Waals surface area contributed by atoms with E-state index >= 15 is 0 Å². The van der Waals surface area contributed by atoms with Crippen LogP contribution in [0.4, 0.5) is 10.5 Å². The van der Waals surface area contributed by atoms with Crippen LogP contribution in [0.25, 0.3) is 0 Å². The van der Waals surface area contributed by atoms with E-state index in [4.69, 9.17) is 0 Å². The molecule has 0 radical (unpaired) electrons. The van der Waals surface area contributed by atoms with Crippen molar-refractivity contribution in [2.75, 3.05) is 38.6 Å².